The van der Waals surface area contributed by atoms with E-state index < -0.39 is 24.4 Å². The maximum absolute atomic E-state index is 12.7. The second-order valence-corrected chi connectivity index (χ2v) is 7.64. The zero-order chi connectivity index (χ0) is 21.7. The molecule has 30 heavy (non-hydrogen) atoms. The smallest absolute Gasteiger partial charge is 0.311 e. The lowest BCUT2D eigenvalue weighted by Gasteiger charge is -2.23. The second kappa shape index (κ2) is 9.76. The molecule has 1 aliphatic rings. The Morgan fingerprint density at radius 3 is 2.33 bits per heavy atom. The highest BCUT2D eigenvalue weighted by Crippen LogP contribution is 2.32. The number of hydrogen-bond donors (Lipinski definition) is 1. The maximum Gasteiger partial charge on any atom is 0.311 e. The predicted molar refractivity (Wildman–Crippen MR) is 117 cm³/mol. The Morgan fingerprint density at radius 2 is 1.73 bits per heavy atom. The van der Waals surface area contributed by atoms with Gasteiger partial charge in [-0.3, -0.25) is 14.4 Å². The van der Waals surface area contributed by atoms with Crippen LogP contribution < -0.4 is 10.2 Å². The van der Waals surface area contributed by atoms with E-state index in [2.05, 4.69) is 5.32 Å². The third-order valence-corrected chi connectivity index (χ3v) is 5.42. The molecule has 2 aromatic rings. The molecular formula is C23H25ClN2O4. The van der Waals surface area contributed by atoms with Crippen molar-refractivity contribution >= 4 is 40.8 Å². The molecule has 1 N–H and O–H groups in total. The number of benzene rings is 2. The molecule has 0 spiro atoms. The monoisotopic (exact) mass is 428 g/mol. The summed E-state index contributed by atoms with van der Waals surface area (Å²) in [5.74, 6) is -1.67. The number of rotatable bonds is 7. The van der Waals surface area contributed by atoms with Gasteiger partial charge in [0.05, 0.1) is 5.92 Å². The third kappa shape index (κ3) is 5.00. The van der Waals surface area contributed by atoms with Gasteiger partial charge >= 0.3 is 5.97 Å². The first-order chi connectivity index (χ1) is 14.4. The molecule has 0 radical (unpaired) electrons. The highest BCUT2D eigenvalue weighted by Gasteiger charge is 2.37. The molecule has 2 aromatic carbocycles. The van der Waals surface area contributed by atoms with Crippen molar-refractivity contribution in [1.29, 1.82) is 0 Å². The Balaban J connectivity index is 1.60. The highest BCUT2D eigenvalue weighted by atomic mass is 35.5. The third-order valence-electron chi connectivity index (χ3n) is 5.17. The first-order valence-electron chi connectivity index (χ1n) is 10.1. The predicted octanol–water partition coefficient (Wildman–Crippen LogP) is 4.00. The van der Waals surface area contributed by atoms with Crippen molar-refractivity contribution in [3.63, 3.8) is 0 Å². The van der Waals surface area contributed by atoms with Crippen molar-refractivity contribution in [2.75, 3.05) is 23.4 Å². The number of halogens is 1. The zero-order valence-electron chi connectivity index (χ0n) is 17.1. The van der Waals surface area contributed by atoms with Gasteiger partial charge in [0.25, 0.3) is 5.91 Å². The summed E-state index contributed by atoms with van der Waals surface area (Å²) in [5, 5.41) is 3.20. The molecule has 0 aromatic heterocycles. The van der Waals surface area contributed by atoms with Gasteiger partial charge in [-0.15, -0.1) is 0 Å². The number of carbonyl (C=O) groups is 3. The van der Waals surface area contributed by atoms with Crippen LogP contribution in [0.1, 0.15) is 31.4 Å². The Hall–Kier alpha value is -2.86. The van der Waals surface area contributed by atoms with E-state index in [1.54, 1.807) is 29.2 Å². The van der Waals surface area contributed by atoms with Crippen LogP contribution in [0, 0.1) is 5.92 Å². The Labute approximate surface area is 181 Å². The summed E-state index contributed by atoms with van der Waals surface area (Å²) in [5.41, 5.74) is 3.63. The molecule has 1 fully saturated rings. The number of nitrogens with one attached hydrogen (secondary N) is 1. The van der Waals surface area contributed by atoms with Crippen molar-refractivity contribution in [2.24, 2.45) is 5.92 Å². The first-order valence-corrected chi connectivity index (χ1v) is 10.4. The fraction of sp³-hybridized carbons (Fsp3) is 0.348. The summed E-state index contributed by atoms with van der Waals surface area (Å²) in [7, 11) is 0. The lowest BCUT2D eigenvalue weighted by atomic mass is 10.0. The van der Waals surface area contributed by atoms with Gasteiger partial charge in [-0.25, -0.2) is 0 Å². The highest BCUT2D eigenvalue weighted by molar-refractivity contribution is 6.30. The van der Waals surface area contributed by atoms with Gasteiger partial charge in [0.15, 0.2) is 6.61 Å². The summed E-state index contributed by atoms with van der Waals surface area (Å²) in [6, 6.07) is 12.6. The molecular weight excluding hydrogens is 404 g/mol. The van der Waals surface area contributed by atoms with E-state index in [1.807, 2.05) is 32.0 Å². The van der Waals surface area contributed by atoms with Crippen LogP contribution in [0.15, 0.2) is 42.5 Å². The minimum absolute atomic E-state index is 0.0822. The molecule has 1 atom stereocenters. The summed E-state index contributed by atoms with van der Waals surface area (Å²) < 4.78 is 5.17. The van der Waals surface area contributed by atoms with E-state index in [9.17, 15) is 14.4 Å². The van der Waals surface area contributed by atoms with Crippen LogP contribution in [-0.2, 0) is 32.0 Å². The summed E-state index contributed by atoms with van der Waals surface area (Å²) >= 11 is 5.82. The second-order valence-electron chi connectivity index (χ2n) is 7.20. The number of esters is 1. The topological polar surface area (TPSA) is 75.7 Å². The maximum atomic E-state index is 12.7. The molecule has 2 amide bonds. The zero-order valence-corrected chi connectivity index (χ0v) is 17.9. The largest absolute Gasteiger partial charge is 0.455 e. The van der Waals surface area contributed by atoms with Gasteiger partial charge in [-0.05, 0) is 48.2 Å². The van der Waals surface area contributed by atoms with Crippen LogP contribution in [0.25, 0.3) is 0 Å². The molecule has 0 bridgehead atoms. The lowest BCUT2D eigenvalue weighted by molar-refractivity contribution is -0.151. The van der Waals surface area contributed by atoms with Gasteiger partial charge < -0.3 is 15.0 Å². The fourth-order valence-electron chi connectivity index (χ4n) is 3.63. The van der Waals surface area contributed by atoms with Crippen LogP contribution in [0.2, 0.25) is 5.02 Å². The standard InChI is InChI=1S/C23H25ClN2O4/c1-3-15-6-5-7-16(4-2)22(15)26-13-17(12-21(26)28)23(29)30-14-20(27)25-19-10-8-18(24)9-11-19/h5-11,17H,3-4,12-14H2,1-2H3,(H,25,27)/t17-/m1/s1. The average Bonchev–Trinajstić information content (AvgIpc) is 3.14. The van der Waals surface area contributed by atoms with Crippen LogP contribution in [0.4, 0.5) is 11.4 Å². The summed E-state index contributed by atoms with van der Waals surface area (Å²) in [6.45, 7) is 3.95. The Kier molecular flexibility index (Phi) is 7.11. The number of anilines is 2. The van der Waals surface area contributed by atoms with E-state index >= 15 is 0 Å². The van der Waals surface area contributed by atoms with Crippen molar-refractivity contribution < 1.29 is 19.1 Å². The molecule has 0 saturated carbocycles. The molecule has 0 unspecified atom stereocenters. The van der Waals surface area contributed by atoms with E-state index in [0.29, 0.717) is 10.7 Å². The Bertz CT molecular complexity index is 920. The first kappa shape index (κ1) is 21.8. The van der Waals surface area contributed by atoms with Crippen molar-refractivity contribution in [1.82, 2.24) is 0 Å². The van der Waals surface area contributed by atoms with E-state index in [4.69, 9.17) is 16.3 Å². The van der Waals surface area contributed by atoms with E-state index in [1.165, 1.54) is 0 Å². The number of para-hydroxylation sites is 1. The van der Waals surface area contributed by atoms with Crippen molar-refractivity contribution in [3.8, 4) is 0 Å². The fourth-order valence-corrected chi connectivity index (χ4v) is 3.75. The van der Waals surface area contributed by atoms with Gasteiger partial charge in [0.1, 0.15) is 0 Å². The number of hydrogen-bond acceptors (Lipinski definition) is 4. The van der Waals surface area contributed by atoms with Gasteiger partial charge in [-0.2, -0.15) is 0 Å². The summed E-state index contributed by atoms with van der Waals surface area (Å²) in [4.78, 5) is 38.9. The molecule has 3 rings (SSSR count). The van der Waals surface area contributed by atoms with Crippen LogP contribution in [-0.4, -0.2) is 30.9 Å². The molecule has 0 aliphatic carbocycles. The van der Waals surface area contributed by atoms with Crippen LogP contribution in [0.3, 0.4) is 0 Å². The molecule has 1 aliphatic heterocycles. The Morgan fingerprint density at radius 1 is 1.10 bits per heavy atom. The average molecular weight is 429 g/mol. The molecule has 1 heterocycles. The van der Waals surface area contributed by atoms with Crippen molar-refractivity contribution in [3.05, 3.63) is 58.6 Å². The quantitative estimate of drug-likeness (QED) is 0.676. The molecule has 158 valence electrons. The number of ether oxygens (including phenoxy) is 1. The van der Waals surface area contributed by atoms with Crippen molar-refractivity contribution in [2.45, 2.75) is 33.1 Å². The molecule has 1 saturated heterocycles. The van der Waals surface area contributed by atoms with E-state index in [-0.39, 0.29) is 18.9 Å². The summed E-state index contributed by atoms with van der Waals surface area (Å²) in [6.07, 6.45) is 1.68. The van der Waals surface area contributed by atoms with Crippen LogP contribution >= 0.6 is 11.6 Å². The van der Waals surface area contributed by atoms with E-state index in [0.717, 1.165) is 29.7 Å². The minimum Gasteiger partial charge on any atom is -0.455 e. The van der Waals surface area contributed by atoms with Crippen LogP contribution in [0.5, 0.6) is 0 Å². The minimum atomic E-state index is -0.588. The molecule has 6 nitrogen and oxygen atoms in total. The SMILES string of the molecule is CCc1cccc(CC)c1N1C[C@H](C(=O)OCC(=O)Nc2ccc(Cl)cc2)CC1=O. The number of amides is 2. The molecule has 7 heteroatoms. The van der Waals surface area contributed by atoms with Gasteiger partial charge in [-0.1, -0.05) is 43.6 Å². The normalized spacial score (nSPS) is 15.9. The number of aryl methyl sites for hydroxylation is 2. The van der Waals surface area contributed by atoms with Gasteiger partial charge in [0.2, 0.25) is 5.91 Å². The van der Waals surface area contributed by atoms with Gasteiger partial charge in [0, 0.05) is 29.4 Å². The lowest BCUT2D eigenvalue weighted by Crippen LogP contribution is -2.29. The number of nitrogens with zero attached hydrogens (tertiary/aromatic N) is 1. The number of carbonyl (C=O) groups excluding carboxylic acids is 3.